The number of amides is 1. The highest BCUT2D eigenvalue weighted by Gasteiger charge is 2.52. The Morgan fingerprint density at radius 1 is 1.40 bits per heavy atom. The molecule has 2 aliphatic rings. The summed E-state index contributed by atoms with van der Waals surface area (Å²) in [6.07, 6.45) is 0. The van der Waals surface area contributed by atoms with Crippen LogP contribution in [0.15, 0.2) is 24.3 Å². The van der Waals surface area contributed by atoms with E-state index in [4.69, 9.17) is 4.74 Å². The average molecular weight is 293 g/mol. The smallest absolute Gasteiger partial charge is 0.328 e. The molecule has 6 heteroatoms. The molecular formula is C14H15NO4S. The number of cyclic esters (lactones) is 1. The SMILES string of the molecule is C[C@H]1C(=O)OCCSC[C@@]2(O)c3ccccc3C(=O)N12. The Balaban J connectivity index is 2.13. The summed E-state index contributed by atoms with van der Waals surface area (Å²) in [5.41, 5.74) is -0.420. The Kier molecular flexibility index (Phi) is 3.22. The second kappa shape index (κ2) is 4.79. The standard InChI is InChI=1S/C14H15NO4S/c1-9-13(17)19-6-7-20-8-14(18)11-5-3-2-4-10(11)12(16)15(9)14/h2-5,9,18H,6-8H2,1H3/t9-,14+/m0/s1. The van der Waals surface area contributed by atoms with Crippen molar-refractivity contribution in [2.24, 2.45) is 0 Å². The largest absolute Gasteiger partial charge is 0.463 e. The van der Waals surface area contributed by atoms with Crippen molar-refractivity contribution in [1.82, 2.24) is 4.90 Å². The zero-order valence-corrected chi connectivity index (χ0v) is 11.9. The normalized spacial score (nSPS) is 29.9. The molecule has 20 heavy (non-hydrogen) atoms. The van der Waals surface area contributed by atoms with Gasteiger partial charge in [-0.15, -0.1) is 0 Å². The zero-order chi connectivity index (χ0) is 14.3. The van der Waals surface area contributed by atoms with Gasteiger partial charge in [0.05, 0.1) is 0 Å². The van der Waals surface area contributed by atoms with Crippen molar-refractivity contribution < 1.29 is 19.4 Å². The molecule has 5 nitrogen and oxygen atoms in total. The van der Waals surface area contributed by atoms with Crippen molar-refractivity contribution in [3.8, 4) is 0 Å². The van der Waals surface area contributed by atoms with E-state index < -0.39 is 17.7 Å². The molecule has 1 amide bonds. The van der Waals surface area contributed by atoms with Gasteiger partial charge in [-0.3, -0.25) is 9.69 Å². The molecule has 0 saturated carbocycles. The summed E-state index contributed by atoms with van der Waals surface area (Å²) in [7, 11) is 0. The van der Waals surface area contributed by atoms with Gasteiger partial charge in [0.2, 0.25) is 0 Å². The highest BCUT2D eigenvalue weighted by Crippen LogP contribution is 2.41. The quantitative estimate of drug-likeness (QED) is 0.722. The molecule has 106 valence electrons. The van der Waals surface area contributed by atoms with Gasteiger partial charge in [-0.2, -0.15) is 11.8 Å². The van der Waals surface area contributed by atoms with Crippen LogP contribution in [0.5, 0.6) is 0 Å². The van der Waals surface area contributed by atoms with Gasteiger partial charge < -0.3 is 9.84 Å². The van der Waals surface area contributed by atoms with Crippen LogP contribution in [0.3, 0.4) is 0 Å². The molecule has 0 unspecified atom stereocenters. The first-order valence-electron chi connectivity index (χ1n) is 6.45. The van der Waals surface area contributed by atoms with E-state index in [-0.39, 0.29) is 5.91 Å². The first-order chi connectivity index (χ1) is 9.55. The van der Waals surface area contributed by atoms with Crippen LogP contribution in [-0.4, -0.2) is 46.0 Å². The molecule has 3 rings (SSSR count). The number of rotatable bonds is 0. The van der Waals surface area contributed by atoms with Gasteiger partial charge in [-0.1, -0.05) is 18.2 Å². The Morgan fingerprint density at radius 2 is 2.15 bits per heavy atom. The molecule has 0 aliphatic carbocycles. The second-order valence-electron chi connectivity index (χ2n) is 4.93. The van der Waals surface area contributed by atoms with Gasteiger partial charge in [-0.25, -0.2) is 4.79 Å². The summed E-state index contributed by atoms with van der Waals surface area (Å²) in [5, 5.41) is 11.0. The van der Waals surface area contributed by atoms with Gasteiger partial charge >= 0.3 is 5.97 Å². The molecule has 1 aromatic rings. The molecule has 2 atom stereocenters. The maximum absolute atomic E-state index is 12.5. The first kappa shape index (κ1) is 13.5. The van der Waals surface area contributed by atoms with Gasteiger partial charge in [-0.05, 0) is 13.0 Å². The number of fused-ring (bicyclic) bond motifs is 3. The molecule has 0 bridgehead atoms. The summed E-state index contributed by atoms with van der Waals surface area (Å²) in [6, 6.07) is 6.15. The molecule has 1 N–H and O–H groups in total. The third-order valence-corrected chi connectivity index (χ3v) is 4.77. The molecule has 1 aromatic carbocycles. The Hall–Kier alpha value is -1.53. The number of hydrogen-bond acceptors (Lipinski definition) is 5. The molecule has 2 aliphatic heterocycles. The van der Waals surface area contributed by atoms with Gasteiger partial charge in [0, 0.05) is 22.6 Å². The van der Waals surface area contributed by atoms with Crippen molar-refractivity contribution in [2.45, 2.75) is 18.7 Å². The highest BCUT2D eigenvalue weighted by molar-refractivity contribution is 7.99. The van der Waals surface area contributed by atoms with Crippen molar-refractivity contribution in [3.05, 3.63) is 35.4 Å². The topological polar surface area (TPSA) is 66.8 Å². The minimum Gasteiger partial charge on any atom is -0.463 e. The van der Waals surface area contributed by atoms with Crippen LogP contribution < -0.4 is 0 Å². The summed E-state index contributed by atoms with van der Waals surface area (Å²) in [6.45, 7) is 1.89. The molecule has 2 heterocycles. The van der Waals surface area contributed by atoms with Crippen molar-refractivity contribution in [1.29, 1.82) is 0 Å². The lowest BCUT2D eigenvalue weighted by Gasteiger charge is -2.36. The molecule has 0 aromatic heterocycles. The predicted octanol–water partition coefficient (Wildman–Crippen LogP) is 0.966. The Bertz CT molecular complexity index is 576. The lowest BCUT2D eigenvalue weighted by atomic mass is 10.0. The summed E-state index contributed by atoms with van der Waals surface area (Å²) in [5.74, 6) is 0.129. The fourth-order valence-electron chi connectivity index (χ4n) is 2.73. The maximum atomic E-state index is 12.5. The monoisotopic (exact) mass is 293 g/mol. The Morgan fingerprint density at radius 3 is 2.95 bits per heavy atom. The molecular weight excluding hydrogens is 278 g/mol. The van der Waals surface area contributed by atoms with Crippen LogP contribution in [-0.2, 0) is 15.3 Å². The second-order valence-corrected chi connectivity index (χ2v) is 6.04. The van der Waals surface area contributed by atoms with Crippen molar-refractivity contribution in [3.63, 3.8) is 0 Å². The van der Waals surface area contributed by atoms with Gasteiger partial charge in [0.25, 0.3) is 5.91 Å². The third-order valence-electron chi connectivity index (χ3n) is 3.71. The summed E-state index contributed by atoms with van der Waals surface area (Å²) >= 11 is 1.47. The van der Waals surface area contributed by atoms with Crippen molar-refractivity contribution in [2.75, 3.05) is 18.1 Å². The van der Waals surface area contributed by atoms with Crippen LogP contribution >= 0.6 is 11.8 Å². The summed E-state index contributed by atoms with van der Waals surface area (Å²) in [4.78, 5) is 25.7. The lowest BCUT2D eigenvalue weighted by Crippen LogP contribution is -2.53. The zero-order valence-electron chi connectivity index (χ0n) is 11.0. The van der Waals surface area contributed by atoms with Crippen LogP contribution in [0.4, 0.5) is 0 Å². The van der Waals surface area contributed by atoms with Crippen LogP contribution in [0.2, 0.25) is 0 Å². The van der Waals surface area contributed by atoms with E-state index in [1.54, 1.807) is 31.2 Å². The summed E-state index contributed by atoms with van der Waals surface area (Å²) < 4.78 is 5.11. The van der Waals surface area contributed by atoms with E-state index in [9.17, 15) is 14.7 Å². The number of ether oxygens (including phenoxy) is 1. The van der Waals surface area contributed by atoms with Gasteiger partial charge in [0.15, 0.2) is 5.72 Å². The molecule has 0 spiro atoms. The molecule has 0 radical (unpaired) electrons. The van der Waals surface area contributed by atoms with Crippen LogP contribution in [0.1, 0.15) is 22.8 Å². The number of esters is 1. The maximum Gasteiger partial charge on any atom is 0.328 e. The first-order valence-corrected chi connectivity index (χ1v) is 7.61. The number of carbonyl (C=O) groups excluding carboxylic acids is 2. The molecule has 1 fully saturated rings. The molecule has 1 saturated heterocycles. The van der Waals surface area contributed by atoms with E-state index in [2.05, 4.69) is 0 Å². The van der Waals surface area contributed by atoms with Crippen molar-refractivity contribution >= 4 is 23.6 Å². The Labute approximate surface area is 120 Å². The van der Waals surface area contributed by atoms with E-state index in [0.29, 0.717) is 29.2 Å². The van der Waals surface area contributed by atoms with E-state index >= 15 is 0 Å². The number of nitrogens with zero attached hydrogens (tertiary/aromatic N) is 1. The van der Waals surface area contributed by atoms with E-state index in [0.717, 1.165) is 0 Å². The number of hydrogen-bond donors (Lipinski definition) is 1. The lowest BCUT2D eigenvalue weighted by molar-refractivity contribution is -0.156. The third kappa shape index (κ3) is 1.83. The predicted molar refractivity (Wildman–Crippen MR) is 74.3 cm³/mol. The van der Waals surface area contributed by atoms with Crippen LogP contribution in [0, 0.1) is 0 Å². The van der Waals surface area contributed by atoms with Crippen LogP contribution in [0.25, 0.3) is 0 Å². The van der Waals surface area contributed by atoms with E-state index in [1.807, 2.05) is 0 Å². The fraction of sp³-hybridized carbons (Fsp3) is 0.429. The average Bonchev–Trinajstić information content (AvgIpc) is 2.69. The number of benzene rings is 1. The number of aliphatic hydroxyl groups is 1. The fourth-order valence-corrected chi connectivity index (χ4v) is 3.66. The highest BCUT2D eigenvalue weighted by atomic mass is 32.2. The van der Waals surface area contributed by atoms with E-state index in [1.165, 1.54) is 16.7 Å². The minimum atomic E-state index is -1.44. The number of carbonyl (C=O) groups is 2. The number of thioether (sulfide) groups is 1. The minimum absolute atomic E-state index is 0.299. The van der Waals surface area contributed by atoms with Gasteiger partial charge in [0.1, 0.15) is 12.6 Å².